The highest BCUT2D eigenvalue weighted by atomic mass is 19.3. The smallest absolute Gasteiger partial charge is 0.271 e. The summed E-state index contributed by atoms with van der Waals surface area (Å²) in [7, 11) is 2.93. The summed E-state index contributed by atoms with van der Waals surface area (Å²) in [6.07, 6.45) is -0.450. The van der Waals surface area contributed by atoms with Gasteiger partial charge in [-0.2, -0.15) is 8.78 Å². The van der Waals surface area contributed by atoms with Gasteiger partial charge in [0.25, 0.3) is 6.08 Å². The monoisotopic (exact) mass is 257 g/mol. The molecule has 0 heterocycles. The zero-order valence-corrected chi connectivity index (χ0v) is 10.7. The Hall–Kier alpha value is -1.62. The van der Waals surface area contributed by atoms with Gasteiger partial charge in [-0.3, -0.25) is 0 Å². The Kier molecular flexibility index (Phi) is 5.09. The van der Waals surface area contributed by atoms with E-state index >= 15 is 0 Å². The van der Waals surface area contributed by atoms with E-state index < -0.39 is 6.08 Å². The molecule has 0 fully saturated rings. The zero-order chi connectivity index (χ0) is 13.7. The second-order valence-corrected chi connectivity index (χ2v) is 4.02. The van der Waals surface area contributed by atoms with Gasteiger partial charge in [-0.05, 0) is 31.0 Å². The predicted molar refractivity (Wildman–Crippen MR) is 67.1 cm³/mol. The lowest BCUT2D eigenvalue weighted by Gasteiger charge is -2.14. The van der Waals surface area contributed by atoms with E-state index in [4.69, 9.17) is 15.2 Å². The second kappa shape index (κ2) is 6.35. The molecule has 3 nitrogen and oxygen atoms in total. The third kappa shape index (κ3) is 3.70. The lowest BCUT2D eigenvalue weighted by atomic mass is 10.0. The van der Waals surface area contributed by atoms with Crippen molar-refractivity contribution in [3.05, 3.63) is 29.3 Å². The van der Waals surface area contributed by atoms with Crippen molar-refractivity contribution >= 4 is 6.08 Å². The van der Waals surface area contributed by atoms with Gasteiger partial charge in [0.1, 0.15) is 11.5 Å². The number of methoxy groups -OCH3 is 2. The van der Waals surface area contributed by atoms with Gasteiger partial charge in [-0.15, -0.1) is 0 Å². The van der Waals surface area contributed by atoms with Gasteiger partial charge in [0, 0.05) is 17.7 Å². The number of hydrogen-bond acceptors (Lipinski definition) is 3. The van der Waals surface area contributed by atoms with E-state index in [1.807, 2.05) is 6.92 Å². The number of hydrogen-bond donors (Lipinski definition) is 1. The minimum Gasteiger partial charge on any atom is -0.496 e. The standard InChI is InChI=1S/C13H17F2NO2/c1-8(16)4-9-5-12(18-3)10(7-13(14)15)6-11(9)17-2/h5-8H,4,16H2,1-3H3. The number of benzene rings is 1. The Balaban J connectivity index is 3.27. The Morgan fingerprint density at radius 3 is 2.33 bits per heavy atom. The molecule has 2 N–H and O–H groups in total. The van der Waals surface area contributed by atoms with Crippen molar-refractivity contribution in [2.24, 2.45) is 5.73 Å². The van der Waals surface area contributed by atoms with Gasteiger partial charge in [0.05, 0.1) is 14.2 Å². The van der Waals surface area contributed by atoms with E-state index in [9.17, 15) is 8.78 Å². The molecule has 0 aliphatic carbocycles. The van der Waals surface area contributed by atoms with Gasteiger partial charge < -0.3 is 15.2 Å². The van der Waals surface area contributed by atoms with Crippen LogP contribution in [-0.2, 0) is 6.42 Å². The average molecular weight is 257 g/mol. The fraction of sp³-hybridized carbons (Fsp3) is 0.385. The summed E-state index contributed by atoms with van der Waals surface area (Å²) in [4.78, 5) is 0. The van der Waals surface area contributed by atoms with Crippen molar-refractivity contribution in [3.8, 4) is 11.5 Å². The molecule has 0 saturated heterocycles. The molecule has 1 rings (SSSR count). The van der Waals surface area contributed by atoms with Crippen LogP contribution in [0.25, 0.3) is 6.08 Å². The molecule has 0 bridgehead atoms. The van der Waals surface area contributed by atoms with Crippen molar-refractivity contribution < 1.29 is 18.3 Å². The highest BCUT2D eigenvalue weighted by Crippen LogP contribution is 2.31. The Morgan fingerprint density at radius 2 is 1.89 bits per heavy atom. The summed E-state index contributed by atoms with van der Waals surface area (Å²) in [5, 5.41) is 0. The van der Waals surface area contributed by atoms with E-state index in [-0.39, 0.29) is 11.6 Å². The zero-order valence-electron chi connectivity index (χ0n) is 10.7. The van der Waals surface area contributed by atoms with Crippen LogP contribution >= 0.6 is 0 Å². The molecule has 0 aromatic heterocycles. The minimum atomic E-state index is -1.78. The third-order valence-corrected chi connectivity index (χ3v) is 2.44. The summed E-state index contributed by atoms with van der Waals surface area (Å²) in [6.45, 7) is 1.86. The molecule has 1 aromatic rings. The number of ether oxygens (including phenoxy) is 2. The largest absolute Gasteiger partial charge is 0.496 e. The van der Waals surface area contributed by atoms with Crippen LogP contribution in [0, 0.1) is 0 Å². The van der Waals surface area contributed by atoms with E-state index in [1.54, 1.807) is 6.07 Å². The minimum absolute atomic E-state index is 0.0529. The average Bonchev–Trinajstić information content (AvgIpc) is 2.29. The van der Waals surface area contributed by atoms with Crippen LogP contribution < -0.4 is 15.2 Å². The van der Waals surface area contributed by atoms with Crippen molar-refractivity contribution in [1.29, 1.82) is 0 Å². The molecule has 0 amide bonds. The van der Waals surface area contributed by atoms with E-state index in [2.05, 4.69) is 0 Å². The van der Waals surface area contributed by atoms with E-state index in [1.165, 1.54) is 20.3 Å². The highest BCUT2D eigenvalue weighted by Gasteiger charge is 2.12. The van der Waals surface area contributed by atoms with Crippen LogP contribution in [-0.4, -0.2) is 20.3 Å². The molecule has 100 valence electrons. The fourth-order valence-corrected chi connectivity index (χ4v) is 1.72. The molecule has 0 spiro atoms. The topological polar surface area (TPSA) is 44.5 Å². The molecule has 5 heteroatoms. The summed E-state index contributed by atoms with van der Waals surface area (Å²) in [5.41, 5.74) is 6.84. The molecule has 0 aliphatic heterocycles. The third-order valence-electron chi connectivity index (χ3n) is 2.44. The molecule has 0 saturated carbocycles. The Labute approximate surface area is 105 Å². The van der Waals surface area contributed by atoms with E-state index in [0.29, 0.717) is 17.9 Å². The van der Waals surface area contributed by atoms with Gasteiger partial charge in [-0.1, -0.05) is 0 Å². The van der Waals surface area contributed by atoms with Crippen molar-refractivity contribution in [3.63, 3.8) is 0 Å². The maximum absolute atomic E-state index is 12.3. The number of rotatable bonds is 5. The first kappa shape index (κ1) is 14.4. The quantitative estimate of drug-likeness (QED) is 0.882. The van der Waals surface area contributed by atoms with Crippen molar-refractivity contribution in [2.45, 2.75) is 19.4 Å². The lowest BCUT2D eigenvalue weighted by Crippen LogP contribution is -2.18. The van der Waals surface area contributed by atoms with Gasteiger partial charge in [0.2, 0.25) is 0 Å². The fourth-order valence-electron chi connectivity index (χ4n) is 1.72. The lowest BCUT2D eigenvalue weighted by molar-refractivity contribution is 0.396. The van der Waals surface area contributed by atoms with Crippen LogP contribution in [0.5, 0.6) is 11.5 Å². The number of nitrogens with two attached hydrogens (primary N) is 1. The van der Waals surface area contributed by atoms with Crippen LogP contribution in [0.1, 0.15) is 18.1 Å². The molecule has 0 aliphatic rings. The van der Waals surface area contributed by atoms with Crippen LogP contribution in [0.15, 0.2) is 18.2 Å². The first-order valence-corrected chi connectivity index (χ1v) is 5.51. The Morgan fingerprint density at radius 1 is 1.28 bits per heavy atom. The van der Waals surface area contributed by atoms with Crippen LogP contribution in [0.4, 0.5) is 8.78 Å². The van der Waals surface area contributed by atoms with Crippen molar-refractivity contribution in [2.75, 3.05) is 14.2 Å². The maximum Gasteiger partial charge on any atom is 0.271 e. The van der Waals surface area contributed by atoms with Gasteiger partial charge in [0.15, 0.2) is 0 Å². The second-order valence-electron chi connectivity index (χ2n) is 4.02. The predicted octanol–water partition coefficient (Wildman–Crippen LogP) is 2.83. The summed E-state index contributed by atoms with van der Waals surface area (Å²) in [6, 6.07) is 3.15. The molecular weight excluding hydrogens is 240 g/mol. The van der Waals surface area contributed by atoms with Crippen molar-refractivity contribution in [1.82, 2.24) is 0 Å². The van der Waals surface area contributed by atoms with Gasteiger partial charge in [-0.25, -0.2) is 0 Å². The molecule has 1 aromatic carbocycles. The SMILES string of the molecule is COc1cc(CC(C)N)c(OC)cc1C=C(F)F. The van der Waals surface area contributed by atoms with Crippen LogP contribution in [0.2, 0.25) is 0 Å². The first-order valence-electron chi connectivity index (χ1n) is 5.51. The molecule has 1 unspecified atom stereocenters. The van der Waals surface area contributed by atoms with Gasteiger partial charge >= 0.3 is 0 Å². The number of halogens is 2. The summed E-state index contributed by atoms with van der Waals surface area (Å²) in [5.74, 6) is 0.903. The summed E-state index contributed by atoms with van der Waals surface area (Å²) < 4.78 is 34.9. The van der Waals surface area contributed by atoms with E-state index in [0.717, 1.165) is 11.6 Å². The highest BCUT2D eigenvalue weighted by molar-refractivity contribution is 5.62. The molecule has 18 heavy (non-hydrogen) atoms. The van der Waals surface area contributed by atoms with Crippen LogP contribution in [0.3, 0.4) is 0 Å². The molecule has 0 radical (unpaired) electrons. The summed E-state index contributed by atoms with van der Waals surface area (Å²) >= 11 is 0. The maximum atomic E-state index is 12.3. The molecule has 1 atom stereocenters. The Bertz CT molecular complexity index is 441. The first-order chi connectivity index (χ1) is 8.47. The normalized spacial score (nSPS) is 11.9. The molecular formula is C13H17F2NO2.